The maximum absolute atomic E-state index is 11.7. The molecule has 104 valence electrons. The summed E-state index contributed by atoms with van der Waals surface area (Å²) in [5.74, 6) is -0.0225. The van der Waals surface area contributed by atoms with Gasteiger partial charge in [0.1, 0.15) is 0 Å². The fourth-order valence-electron chi connectivity index (χ4n) is 2.14. The second kappa shape index (κ2) is 8.08. The smallest absolute Gasteiger partial charge is 0.236 e. The largest absolute Gasteiger partial charge is 0.352 e. The van der Waals surface area contributed by atoms with E-state index in [4.69, 9.17) is 0 Å². The molecule has 0 aromatic rings. The van der Waals surface area contributed by atoms with Gasteiger partial charge in [-0.25, -0.2) is 0 Å². The van der Waals surface area contributed by atoms with Crippen LogP contribution in [0.1, 0.15) is 38.5 Å². The highest BCUT2D eigenvalue weighted by Gasteiger charge is 2.14. The van der Waals surface area contributed by atoms with Gasteiger partial charge in [-0.05, 0) is 12.8 Å². The van der Waals surface area contributed by atoms with E-state index in [1.165, 1.54) is 30.6 Å². The van der Waals surface area contributed by atoms with Gasteiger partial charge in [0.05, 0.1) is 13.1 Å². The number of hydrogen-bond donors (Lipinski definition) is 2. The van der Waals surface area contributed by atoms with Gasteiger partial charge in [0.2, 0.25) is 11.8 Å². The molecule has 1 aliphatic carbocycles. The molecule has 0 heterocycles. The summed E-state index contributed by atoms with van der Waals surface area (Å²) in [4.78, 5) is 24.5. The third-order valence-corrected chi connectivity index (χ3v) is 3.28. The van der Waals surface area contributed by atoms with Crippen molar-refractivity contribution in [1.82, 2.24) is 15.5 Å². The molecule has 5 heteroatoms. The van der Waals surface area contributed by atoms with E-state index in [0.29, 0.717) is 6.04 Å². The van der Waals surface area contributed by atoms with Crippen molar-refractivity contribution in [1.29, 1.82) is 0 Å². The lowest BCUT2D eigenvalue weighted by atomic mass is 10.1. The Morgan fingerprint density at radius 3 is 2.22 bits per heavy atom. The minimum Gasteiger partial charge on any atom is -0.352 e. The van der Waals surface area contributed by atoms with Gasteiger partial charge in [-0.3, -0.25) is 14.9 Å². The Kier molecular flexibility index (Phi) is 6.72. The van der Waals surface area contributed by atoms with Crippen molar-refractivity contribution in [3.8, 4) is 0 Å². The number of nitrogens with one attached hydrogen (secondary N) is 2. The molecule has 0 aliphatic heterocycles. The van der Waals surface area contributed by atoms with Crippen LogP contribution in [-0.4, -0.2) is 49.9 Å². The van der Waals surface area contributed by atoms with Gasteiger partial charge in [0, 0.05) is 20.1 Å². The highest BCUT2D eigenvalue weighted by molar-refractivity contribution is 5.81. The zero-order valence-corrected chi connectivity index (χ0v) is 11.5. The summed E-state index contributed by atoms with van der Waals surface area (Å²) < 4.78 is 0. The minimum atomic E-state index is -0.0164. The summed E-state index contributed by atoms with van der Waals surface area (Å²) in [6.45, 7) is 0.432. The second-order valence-electron chi connectivity index (χ2n) is 5.15. The summed E-state index contributed by atoms with van der Waals surface area (Å²) in [7, 11) is 3.41. The number of carbonyl (C=O) groups is 2. The van der Waals surface area contributed by atoms with Gasteiger partial charge in [0.25, 0.3) is 0 Å². The summed E-state index contributed by atoms with van der Waals surface area (Å²) in [5.41, 5.74) is 0. The minimum absolute atomic E-state index is 0.00606. The van der Waals surface area contributed by atoms with E-state index in [1.807, 2.05) is 0 Å². The molecule has 0 spiro atoms. The molecule has 0 radical (unpaired) electrons. The first-order valence-electron chi connectivity index (χ1n) is 6.80. The lowest BCUT2D eigenvalue weighted by Gasteiger charge is -2.16. The van der Waals surface area contributed by atoms with Crippen LogP contribution in [-0.2, 0) is 9.59 Å². The number of amides is 2. The molecule has 2 N–H and O–H groups in total. The van der Waals surface area contributed by atoms with Crippen LogP contribution in [0.2, 0.25) is 0 Å². The van der Waals surface area contributed by atoms with Crippen molar-refractivity contribution in [2.24, 2.45) is 0 Å². The molecule has 1 aliphatic rings. The van der Waals surface area contributed by atoms with Crippen molar-refractivity contribution in [2.45, 2.75) is 44.6 Å². The predicted molar refractivity (Wildman–Crippen MR) is 71.2 cm³/mol. The Morgan fingerprint density at radius 2 is 1.67 bits per heavy atom. The van der Waals surface area contributed by atoms with Crippen LogP contribution in [0.15, 0.2) is 0 Å². The maximum Gasteiger partial charge on any atom is 0.236 e. The van der Waals surface area contributed by atoms with Crippen LogP contribution < -0.4 is 10.6 Å². The van der Waals surface area contributed by atoms with Crippen LogP contribution in [0.4, 0.5) is 0 Å². The Bertz CT molecular complexity index is 271. The quantitative estimate of drug-likeness (QED) is 0.703. The Morgan fingerprint density at radius 1 is 1.06 bits per heavy atom. The SMILES string of the molecule is CN(C)C(=O)CNCC(=O)NC1CCCCCC1. The van der Waals surface area contributed by atoms with E-state index in [-0.39, 0.29) is 24.9 Å². The third kappa shape index (κ3) is 6.00. The van der Waals surface area contributed by atoms with E-state index in [9.17, 15) is 9.59 Å². The molecule has 18 heavy (non-hydrogen) atoms. The molecule has 5 nitrogen and oxygen atoms in total. The molecule has 0 aromatic carbocycles. The lowest BCUT2D eigenvalue weighted by molar-refractivity contribution is -0.127. The zero-order chi connectivity index (χ0) is 13.4. The van der Waals surface area contributed by atoms with Gasteiger partial charge >= 0.3 is 0 Å². The predicted octanol–water partition coefficient (Wildman–Crippen LogP) is 0.503. The molecule has 0 unspecified atom stereocenters. The lowest BCUT2D eigenvalue weighted by Crippen LogP contribution is -2.42. The van der Waals surface area contributed by atoms with Gasteiger partial charge in [-0.15, -0.1) is 0 Å². The van der Waals surface area contributed by atoms with E-state index in [2.05, 4.69) is 10.6 Å². The molecule has 0 bridgehead atoms. The Hall–Kier alpha value is -1.10. The average Bonchev–Trinajstić information content (AvgIpc) is 2.57. The summed E-state index contributed by atoms with van der Waals surface area (Å²) in [6, 6.07) is 0.325. The van der Waals surface area contributed by atoms with E-state index >= 15 is 0 Å². The monoisotopic (exact) mass is 255 g/mol. The zero-order valence-electron chi connectivity index (χ0n) is 11.5. The van der Waals surface area contributed by atoms with Crippen molar-refractivity contribution in [3.63, 3.8) is 0 Å². The van der Waals surface area contributed by atoms with Crippen LogP contribution >= 0.6 is 0 Å². The molecular weight excluding hydrogens is 230 g/mol. The van der Waals surface area contributed by atoms with Gasteiger partial charge in [0.15, 0.2) is 0 Å². The molecule has 2 amide bonds. The van der Waals surface area contributed by atoms with Crippen LogP contribution in [0.3, 0.4) is 0 Å². The molecule has 1 rings (SSSR count). The fourth-order valence-corrected chi connectivity index (χ4v) is 2.14. The fraction of sp³-hybridized carbons (Fsp3) is 0.846. The van der Waals surface area contributed by atoms with Crippen molar-refractivity contribution in [2.75, 3.05) is 27.2 Å². The van der Waals surface area contributed by atoms with Crippen molar-refractivity contribution in [3.05, 3.63) is 0 Å². The normalized spacial score (nSPS) is 17.0. The molecule has 0 atom stereocenters. The second-order valence-corrected chi connectivity index (χ2v) is 5.15. The van der Waals surface area contributed by atoms with E-state index in [1.54, 1.807) is 14.1 Å². The van der Waals surface area contributed by atoms with Gasteiger partial charge in [-0.2, -0.15) is 0 Å². The molecule has 1 saturated carbocycles. The van der Waals surface area contributed by atoms with Crippen LogP contribution in [0.25, 0.3) is 0 Å². The van der Waals surface area contributed by atoms with Gasteiger partial charge in [-0.1, -0.05) is 25.7 Å². The number of carbonyl (C=O) groups excluding carboxylic acids is 2. The molecule has 0 saturated heterocycles. The third-order valence-electron chi connectivity index (χ3n) is 3.28. The average molecular weight is 255 g/mol. The van der Waals surface area contributed by atoms with Gasteiger partial charge < -0.3 is 10.2 Å². The first-order valence-corrected chi connectivity index (χ1v) is 6.80. The van der Waals surface area contributed by atoms with Crippen molar-refractivity contribution < 1.29 is 9.59 Å². The topological polar surface area (TPSA) is 61.4 Å². The maximum atomic E-state index is 11.7. The Labute approximate surface area is 109 Å². The van der Waals surface area contributed by atoms with Crippen LogP contribution in [0, 0.1) is 0 Å². The highest BCUT2D eigenvalue weighted by Crippen LogP contribution is 2.16. The van der Waals surface area contributed by atoms with Crippen molar-refractivity contribution >= 4 is 11.8 Å². The first kappa shape index (κ1) is 15.0. The molecule has 0 aromatic heterocycles. The number of nitrogens with zero attached hydrogens (tertiary/aromatic N) is 1. The standard InChI is InChI=1S/C13H25N3O2/c1-16(2)13(18)10-14-9-12(17)15-11-7-5-3-4-6-8-11/h11,14H,3-10H2,1-2H3,(H,15,17). The molecule has 1 fully saturated rings. The summed E-state index contributed by atoms with van der Waals surface area (Å²) >= 11 is 0. The van der Waals surface area contributed by atoms with Crippen LogP contribution in [0.5, 0.6) is 0 Å². The highest BCUT2D eigenvalue weighted by atomic mass is 16.2. The van der Waals surface area contributed by atoms with E-state index < -0.39 is 0 Å². The number of likely N-dealkylation sites (N-methyl/N-ethyl adjacent to an activating group) is 1. The summed E-state index contributed by atoms with van der Waals surface area (Å²) in [6.07, 6.45) is 7.14. The first-order chi connectivity index (χ1) is 8.59. The number of hydrogen-bond acceptors (Lipinski definition) is 3. The Balaban J connectivity index is 2.14. The number of rotatable bonds is 5. The van der Waals surface area contributed by atoms with E-state index in [0.717, 1.165) is 12.8 Å². The molecular formula is C13H25N3O2. The summed E-state index contributed by atoms with van der Waals surface area (Å²) in [5, 5.41) is 5.90.